The van der Waals surface area contributed by atoms with Crippen LogP contribution in [0.1, 0.15) is 60.4 Å². The van der Waals surface area contributed by atoms with Crippen LogP contribution in [-0.2, 0) is 0 Å². The Morgan fingerprint density at radius 2 is 1.75 bits per heavy atom. The van der Waals surface area contributed by atoms with E-state index in [2.05, 4.69) is 74.3 Å². The Labute approximate surface area is 215 Å². The molecule has 0 bridgehead atoms. The van der Waals surface area contributed by atoms with Gasteiger partial charge < -0.3 is 15.0 Å². The maximum absolute atomic E-state index is 6.21. The van der Waals surface area contributed by atoms with Crippen LogP contribution in [0.15, 0.2) is 67.4 Å². The number of hydrogen-bond donors (Lipinski definition) is 1. The second kappa shape index (κ2) is 9.39. The van der Waals surface area contributed by atoms with Gasteiger partial charge >= 0.3 is 0 Å². The van der Waals surface area contributed by atoms with Crippen LogP contribution in [0, 0.1) is 13.8 Å². The van der Waals surface area contributed by atoms with E-state index in [4.69, 9.17) is 17.0 Å². The molecule has 4 aromatic rings. The fraction of sp³-hybridized carbons (Fsp3) is 0.333. The van der Waals surface area contributed by atoms with Crippen molar-refractivity contribution in [2.45, 2.75) is 57.7 Å². The quantitative estimate of drug-likeness (QED) is 0.378. The van der Waals surface area contributed by atoms with Gasteiger partial charge in [0.1, 0.15) is 18.4 Å². The lowest BCUT2D eigenvalue weighted by Crippen LogP contribution is -2.29. The van der Waals surface area contributed by atoms with Gasteiger partial charge in [0, 0.05) is 28.8 Å². The molecule has 1 aliphatic carbocycles. The van der Waals surface area contributed by atoms with Crippen molar-refractivity contribution in [1.29, 1.82) is 0 Å². The minimum absolute atomic E-state index is 0.0922. The Morgan fingerprint density at radius 1 is 1.00 bits per heavy atom. The third-order valence-corrected chi connectivity index (χ3v) is 7.52. The predicted molar refractivity (Wildman–Crippen MR) is 142 cm³/mol. The zero-order valence-electron chi connectivity index (χ0n) is 20.4. The molecule has 1 saturated carbocycles. The molecular formula is C27H29N7OS. The van der Waals surface area contributed by atoms with Crippen molar-refractivity contribution >= 4 is 23.0 Å². The van der Waals surface area contributed by atoms with Crippen LogP contribution < -0.4 is 15.0 Å². The van der Waals surface area contributed by atoms with Crippen LogP contribution in [0.2, 0.25) is 0 Å². The topological polar surface area (TPSA) is 73.0 Å². The number of aryl methyl sites for hydroxylation is 1. The highest BCUT2D eigenvalue weighted by Gasteiger charge is 2.42. The van der Waals surface area contributed by atoms with Gasteiger partial charge in [0.05, 0.1) is 23.9 Å². The minimum Gasteiger partial charge on any atom is -0.490 e. The van der Waals surface area contributed by atoms with Crippen molar-refractivity contribution in [2.75, 3.05) is 4.90 Å². The molecule has 0 unspecified atom stereocenters. The summed E-state index contributed by atoms with van der Waals surface area (Å²) in [6, 6.07) is 16.3. The van der Waals surface area contributed by atoms with E-state index in [0.29, 0.717) is 11.2 Å². The molecule has 0 radical (unpaired) electrons. The Bertz CT molecular complexity index is 1350. The average Bonchev–Trinajstić information content (AvgIpc) is 3.69. The summed E-state index contributed by atoms with van der Waals surface area (Å²) in [6.45, 7) is 4.21. The molecule has 184 valence electrons. The molecular weight excluding hydrogens is 470 g/mol. The van der Waals surface area contributed by atoms with E-state index in [-0.39, 0.29) is 12.1 Å². The van der Waals surface area contributed by atoms with Crippen molar-refractivity contribution in [2.24, 2.45) is 0 Å². The first-order chi connectivity index (χ1) is 17.6. The smallest absolute Gasteiger partial charge is 0.174 e. The number of hydrogen-bond acceptors (Lipinski definition) is 5. The van der Waals surface area contributed by atoms with Crippen LogP contribution in [0.25, 0.3) is 0 Å². The predicted octanol–water partition coefficient (Wildman–Crippen LogP) is 4.90. The second-order valence-electron chi connectivity index (χ2n) is 9.49. The lowest BCUT2D eigenvalue weighted by atomic mass is 9.96. The number of nitrogens with zero attached hydrogens (tertiary/aromatic N) is 6. The largest absolute Gasteiger partial charge is 0.490 e. The summed E-state index contributed by atoms with van der Waals surface area (Å²) in [5.41, 5.74) is 5.30. The zero-order chi connectivity index (χ0) is 24.6. The molecule has 6 rings (SSSR count). The first-order valence-electron chi connectivity index (χ1n) is 12.4. The summed E-state index contributed by atoms with van der Waals surface area (Å²) < 4.78 is 10.2. The molecule has 3 aromatic heterocycles. The lowest BCUT2D eigenvalue weighted by molar-refractivity contribution is 0.210. The summed E-state index contributed by atoms with van der Waals surface area (Å²) in [5, 5.41) is 12.2. The standard InChI is InChI=1S/C27H29N7OS/c1-18-15-23(19(2)34(18)32-16-29-30-17-32)26-25(24-9-5-6-14-28-24)31-27(36)33(26)20-10-12-22(13-11-20)35-21-7-3-4-8-21/h5-6,9-17,21,25-26H,3-4,7-8H2,1-2H3,(H,31,36)/t25-,26+/m1/s1. The highest BCUT2D eigenvalue weighted by atomic mass is 32.1. The molecule has 0 spiro atoms. The molecule has 2 atom stereocenters. The van der Waals surface area contributed by atoms with Gasteiger partial charge in [-0.3, -0.25) is 9.66 Å². The first kappa shape index (κ1) is 22.7. The molecule has 2 fully saturated rings. The van der Waals surface area contributed by atoms with Gasteiger partial charge in [-0.2, -0.15) is 0 Å². The average molecular weight is 500 g/mol. The van der Waals surface area contributed by atoms with Crippen molar-refractivity contribution < 1.29 is 4.74 Å². The van der Waals surface area contributed by atoms with E-state index in [1.807, 2.05) is 29.1 Å². The minimum atomic E-state index is -0.108. The highest BCUT2D eigenvalue weighted by molar-refractivity contribution is 7.80. The maximum Gasteiger partial charge on any atom is 0.174 e. The van der Waals surface area contributed by atoms with Crippen molar-refractivity contribution in [3.63, 3.8) is 0 Å². The molecule has 36 heavy (non-hydrogen) atoms. The van der Waals surface area contributed by atoms with Crippen molar-refractivity contribution in [3.05, 3.63) is 90.0 Å². The van der Waals surface area contributed by atoms with Crippen molar-refractivity contribution in [3.8, 4) is 5.75 Å². The zero-order valence-corrected chi connectivity index (χ0v) is 21.2. The summed E-state index contributed by atoms with van der Waals surface area (Å²) in [5.74, 6) is 0.910. The van der Waals surface area contributed by atoms with Gasteiger partial charge in [-0.15, -0.1) is 10.2 Å². The van der Waals surface area contributed by atoms with Crippen LogP contribution in [0.3, 0.4) is 0 Å². The Balaban J connectivity index is 1.40. The van der Waals surface area contributed by atoms with Crippen LogP contribution in [0.4, 0.5) is 5.69 Å². The normalized spacial score (nSPS) is 20.2. The van der Waals surface area contributed by atoms with Gasteiger partial charge in [0.25, 0.3) is 0 Å². The van der Waals surface area contributed by atoms with Gasteiger partial charge in [0.2, 0.25) is 0 Å². The number of anilines is 1. The number of benzene rings is 1. The fourth-order valence-electron chi connectivity index (χ4n) is 5.56. The fourth-order valence-corrected chi connectivity index (χ4v) is 5.91. The SMILES string of the molecule is Cc1cc([C@H]2[C@@H](c3ccccn3)NC(=S)N2c2ccc(OC3CCCC3)cc2)c(C)n1-n1cnnc1. The molecule has 1 aromatic carbocycles. The molecule has 1 N–H and O–H groups in total. The summed E-state index contributed by atoms with van der Waals surface area (Å²) in [7, 11) is 0. The number of thiocarbonyl (C=S) groups is 1. The van der Waals surface area contributed by atoms with Crippen LogP contribution in [-0.4, -0.2) is 35.7 Å². The second-order valence-corrected chi connectivity index (χ2v) is 9.88. The van der Waals surface area contributed by atoms with Gasteiger partial charge in [-0.1, -0.05) is 6.07 Å². The lowest BCUT2D eigenvalue weighted by Gasteiger charge is -2.28. The first-order valence-corrected chi connectivity index (χ1v) is 12.8. The molecule has 1 aliphatic heterocycles. The van der Waals surface area contributed by atoms with Crippen molar-refractivity contribution in [1.82, 2.24) is 29.9 Å². The van der Waals surface area contributed by atoms with E-state index in [1.54, 1.807) is 12.7 Å². The maximum atomic E-state index is 6.21. The number of rotatable bonds is 6. The van der Waals surface area contributed by atoms with Gasteiger partial charge in [0.15, 0.2) is 5.11 Å². The summed E-state index contributed by atoms with van der Waals surface area (Å²) in [6.07, 6.45) is 10.3. The van der Waals surface area contributed by atoms with E-state index >= 15 is 0 Å². The Kier molecular flexibility index (Phi) is 5.92. The summed E-state index contributed by atoms with van der Waals surface area (Å²) >= 11 is 5.91. The third-order valence-electron chi connectivity index (χ3n) is 7.21. The van der Waals surface area contributed by atoms with E-state index in [1.165, 1.54) is 12.8 Å². The number of aromatic nitrogens is 5. The molecule has 9 heteroatoms. The number of pyridine rings is 1. The molecule has 8 nitrogen and oxygen atoms in total. The molecule has 0 amide bonds. The number of nitrogens with one attached hydrogen (secondary N) is 1. The molecule has 2 aliphatic rings. The van der Waals surface area contributed by atoms with Crippen LogP contribution >= 0.6 is 12.2 Å². The Hall–Kier alpha value is -3.72. The van der Waals surface area contributed by atoms with Crippen LogP contribution in [0.5, 0.6) is 5.75 Å². The monoisotopic (exact) mass is 499 g/mol. The molecule has 4 heterocycles. The summed E-state index contributed by atoms with van der Waals surface area (Å²) in [4.78, 5) is 6.88. The van der Waals surface area contributed by atoms with Gasteiger partial charge in [-0.25, -0.2) is 4.68 Å². The van der Waals surface area contributed by atoms with E-state index in [0.717, 1.165) is 46.9 Å². The Morgan fingerprint density at radius 3 is 2.44 bits per heavy atom. The molecule has 1 saturated heterocycles. The van der Waals surface area contributed by atoms with E-state index < -0.39 is 0 Å². The highest BCUT2D eigenvalue weighted by Crippen LogP contribution is 2.43. The van der Waals surface area contributed by atoms with Gasteiger partial charge in [-0.05, 0) is 94.2 Å². The number of ether oxygens (including phenoxy) is 1. The van der Waals surface area contributed by atoms with E-state index in [9.17, 15) is 0 Å². The third kappa shape index (κ3) is 4.03.